The number of ether oxygens (including phenoxy) is 1. The number of nitrogens with zero attached hydrogens (tertiary/aromatic N) is 3. The highest BCUT2D eigenvalue weighted by Gasteiger charge is 2.31. The van der Waals surface area contributed by atoms with Crippen LogP contribution in [-0.4, -0.2) is 54.5 Å². The molecule has 1 atom stereocenters. The summed E-state index contributed by atoms with van der Waals surface area (Å²) in [6.45, 7) is 11.9. The van der Waals surface area contributed by atoms with Crippen molar-refractivity contribution in [3.05, 3.63) is 45.3 Å². The summed E-state index contributed by atoms with van der Waals surface area (Å²) in [7, 11) is 0. The molecule has 0 saturated carbocycles. The van der Waals surface area contributed by atoms with Crippen LogP contribution in [0, 0.1) is 11.3 Å². The first kappa shape index (κ1) is 22.8. The largest absolute Gasteiger partial charge is 0.462 e. The van der Waals surface area contributed by atoms with Crippen molar-refractivity contribution in [3.63, 3.8) is 0 Å². The number of hydrogen-bond donors (Lipinski definition) is 0. The minimum Gasteiger partial charge on any atom is -0.462 e. The molecule has 6 nitrogen and oxygen atoms in total. The molecule has 0 unspecified atom stereocenters. The maximum absolute atomic E-state index is 13.2. The molecule has 4 rings (SSSR count). The van der Waals surface area contributed by atoms with Crippen molar-refractivity contribution in [2.75, 3.05) is 37.7 Å². The van der Waals surface area contributed by atoms with Crippen molar-refractivity contribution in [1.82, 2.24) is 9.88 Å². The highest BCUT2D eigenvalue weighted by molar-refractivity contribution is 7.14. The summed E-state index contributed by atoms with van der Waals surface area (Å²) < 4.78 is 5.01. The van der Waals surface area contributed by atoms with E-state index in [9.17, 15) is 9.59 Å². The minimum atomic E-state index is -0.352. The van der Waals surface area contributed by atoms with E-state index in [1.54, 1.807) is 30.5 Å². The topological polar surface area (TPSA) is 62.7 Å². The Hall–Kier alpha value is -2.41. The van der Waals surface area contributed by atoms with E-state index in [0.29, 0.717) is 36.6 Å². The summed E-state index contributed by atoms with van der Waals surface area (Å²) in [6.07, 6.45) is 4.96. The number of anilines is 1. The molecule has 32 heavy (non-hydrogen) atoms. The molecule has 1 fully saturated rings. The van der Waals surface area contributed by atoms with E-state index in [1.807, 2.05) is 11.0 Å². The van der Waals surface area contributed by atoms with E-state index in [4.69, 9.17) is 4.74 Å². The first-order chi connectivity index (χ1) is 15.3. The van der Waals surface area contributed by atoms with Gasteiger partial charge in [-0.15, -0.1) is 11.3 Å². The predicted octanol–water partition coefficient (Wildman–Crippen LogP) is 4.43. The van der Waals surface area contributed by atoms with Gasteiger partial charge in [0.15, 0.2) is 0 Å². The molecular formula is C25H33N3O3S. The number of pyridine rings is 1. The van der Waals surface area contributed by atoms with Gasteiger partial charge in [-0.3, -0.25) is 4.79 Å². The second-order valence-corrected chi connectivity index (χ2v) is 10.9. The third kappa shape index (κ3) is 4.82. The average molecular weight is 456 g/mol. The number of aryl methyl sites for hydroxylation is 1. The maximum Gasteiger partial charge on any atom is 0.339 e. The Balaban J connectivity index is 1.35. The standard InChI is InChI=1S/C25H33N3O3S/c1-5-31-24(30)17-6-9-22(26-16-17)27-10-12-28(13-11-27)23(29)21-15-18-14-19(25(2,3)4)7-8-20(18)32-21/h6,9,15-16,19H,5,7-8,10-14H2,1-4H3/t19-/m0/s1. The number of rotatable bonds is 4. The van der Waals surface area contributed by atoms with Gasteiger partial charge in [0.2, 0.25) is 0 Å². The van der Waals surface area contributed by atoms with Crippen LogP contribution in [0.4, 0.5) is 5.82 Å². The third-order valence-corrected chi connectivity index (χ3v) is 7.89. The molecule has 1 saturated heterocycles. The van der Waals surface area contributed by atoms with E-state index in [2.05, 4.69) is 36.7 Å². The van der Waals surface area contributed by atoms with Crippen LogP contribution < -0.4 is 4.90 Å². The van der Waals surface area contributed by atoms with Gasteiger partial charge >= 0.3 is 5.97 Å². The monoisotopic (exact) mass is 455 g/mol. The molecule has 3 heterocycles. The zero-order valence-electron chi connectivity index (χ0n) is 19.5. The Morgan fingerprint density at radius 2 is 1.94 bits per heavy atom. The van der Waals surface area contributed by atoms with Gasteiger partial charge in [0.1, 0.15) is 5.82 Å². The molecule has 1 aliphatic carbocycles. The van der Waals surface area contributed by atoms with Crippen molar-refractivity contribution in [2.24, 2.45) is 11.3 Å². The van der Waals surface area contributed by atoms with Crippen molar-refractivity contribution < 1.29 is 14.3 Å². The minimum absolute atomic E-state index is 0.155. The Morgan fingerprint density at radius 3 is 2.56 bits per heavy atom. The number of amides is 1. The van der Waals surface area contributed by atoms with Gasteiger partial charge in [0, 0.05) is 37.3 Å². The van der Waals surface area contributed by atoms with E-state index in [0.717, 1.165) is 36.6 Å². The van der Waals surface area contributed by atoms with Gasteiger partial charge in [-0.2, -0.15) is 0 Å². The Labute approximate surface area is 194 Å². The first-order valence-electron chi connectivity index (χ1n) is 11.5. The molecule has 1 aliphatic heterocycles. The van der Waals surface area contributed by atoms with Gasteiger partial charge in [0.25, 0.3) is 5.91 Å². The number of fused-ring (bicyclic) bond motifs is 1. The fourth-order valence-electron chi connectivity index (χ4n) is 4.57. The van der Waals surface area contributed by atoms with Crippen molar-refractivity contribution in [3.8, 4) is 0 Å². The number of aromatic nitrogens is 1. The number of hydrogen-bond acceptors (Lipinski definition) is 6. The van der Waals surface area contributed by atoms with Gasteiger partial charge in [-0.25, -0.2) is 9.78 Å². The van der Waals surface area contributed by atoms with Gasteiger partial charge in [-0.05, 0) is 61.3 Å². The number of esters is 1. The summed E-state index contributed by atoms with van der Waals surface area (Å²) in [5, 5.41) is 0. The fourth-order valence-corrected chi connectivity index (χ4v) is 5.75. The van der Waals surface area contributed by atoms with Crippen LogP contribution in [0.15, 0.2) is 24.4 Å². The second-order valence-electron chi connectivity index (χ2n) is 9.77. The third-order valence-electron chi connectivity index (χ3n) is 6.67. The number of thiophene rings is 1. The van der Waals surface area contributed by atoms with E-state index >= 15 is 0 Å². The first-order valence-corrected chi connectivity index (χ1v) is 12.4. The summed E-state index contributed by atoms with van der Waals surface area (Å²) in [5.41, 5.74) is 2.15. The van der Waals surface area contributed by atoms with E-state index < -0.39 is 0 Å². The zero-order valence-corrected chi connectivity index (χ0v) is 20.3. The van der Waals surface area contributed by atoms with E-state index in [1.165, 1.54) is 16.9 Å². The lowest BCUT2D eigenvalue weighted by atomic mass is 9.72. The van der Waals surface area contributed by atoms with Crippen LogP contribution in [0.25, 0.3) is 0 Å². The predicted molar refractivity (Wildman–Crippen MR) is 128 cm³/mol. The summed E-state index contributed by atoms with van der Waals surface area (Å²) in [5.74, 6) is 1.31. The van der Waals surface area contributed by atoms with Crippen LogP contribution in [-0.2, 0) is 17.6 Å². The molecule has 0 N–H and O–H groups in total. The van der Waals surface area contributed by atoms with Gasteiger partial charge < -0.3 is 14.5 Å². The second kappa shape index (κ2) is 9.22. The molecular weight excluding hydrogens is 422 g/mol. The zero-order chi connectivity index (χ0) is 22.9. The van der Waals surface area contributed by atoms with Crippen LogP contribution in [0.5, 0.6) is 0 Å². The lowest BCUT2D eigenvalue weighted by Gasteiger charge is -2.35. The Kier molecular flexibility index (Phi) is 6.56. The van der Waals surface area contributed by atoms with Crippen LogP contribution >= 0.6 is 11.3 Å². The molecule has 0 spiro atoms. The molecule has 0 aromatic carbocycles. The van der Waals surface area contributed by atoms with E-state index in [-0.39, 0.29) is 11.9 Å². The smallest absolute Gasteiger partial charge is 0.339 e. The average Bonchev–Trinajstić information content (AvgIpc) is 3.22. The molecule has 1 amide bonds. The molecule has 2 aromatic rings. The number of piperazine rings is 1. The molecule has 2 aromatic heterocycles. The molecule has 172 valence electrons. The van der Waals surface area contributed by atoms with Crippen molar-refractivity contribution in [1.29, 1.82) is 0 Å². The SMILES string of the molecule is CCOC(=O)c1ccc(N2CCN(C(=O)c3cc4c(s3)CC[C@H](C(C)(C)C)C4)CC2)nc1. The van der Waals surface area contributed by atoms with Gasteiger partial charge in [0.05, 0.1) is 17.0 Å². The lowest BCUT2D eigenvalue weighted by molar-refractivity contribution is 0.0525. The quantitative estimate of drug-likeness (QED) is 0.638. The molecule has 7 heteroatoms. The number of carbonyl (C=O) groups is 2. The highest BCUT2D eigenvalue weighted by Crippen LogP contribution is 2.40. The lowest BCUT2D eigenvalue weighted by Crippen LogP contribution is -2.48. The Bertz CT molecular complexity index is 969. The fraction of sp³-hybridized carbons (Fsp3) is 0.560. The summed E-state index contributed by atoms with van der Waals surface area (Å²) >= 11 is 1.69. The Morgan fingerprint density at radius 1 is 1.19 bits per heavy atom. The molecule has 0 bridgehead atoms. The summed E-state index contributed by atoms with van der Waals surface area (Å²) in [4.78, 5) is 35.8. The van der Waals surface area contributed by atoms with Crippen LogP contribution in [0.2, 0.25) is 0 Å². The number of carbonyl (C=O) groups excluding carboxylic acids is 2. The maximum atomic E-state index is 13.2. The van der Waals surface area contributed by atoms with Crippen molar-refractivity contribution >= 4 is 29.0 Å². The normalized spacial score (nSPS) is 18.9. The molecule has 0 radical (unpaired) electrons. The van der Waals surface area contributed by atoms with Crippen LogP contribution in [0.3, 0.4) is 0 Å². The van der Waals surface area contributed by atoms with Crippen molar-refractivity contribution in [2.45, 2.75) is 47.0 Å². The summed E-state index contributed by atoms with van der Waals surface area (Å²) in [6, 6.07) is 5.75. The van der Waals surface area contributed by atoms with Crippen LogP contribution in [0.1, 0.15) is 64.6 Å². The molecule has 2 aliphatic rings. The highest BCUT2D eigenvalue weighted by atomic mass is 32.1. The van der Waals surface area contributed by atoms with Gasteiger partial charge in [-0.1, -0.05) is 20.8 Å².